The zero-order valence-corrected chi connectivity index (χ0v) is 35.8. The van der Waals surface area contributed by atoms with E-state index in [0.29, 0.717) is 12.3 Å². The number of amides is 2. The van der Waals surface area contributed by atoms with Gasteiger partial charge in [0.2, 0.25) is 11.8 Å². The van der Waals surface area contributed by atoms with Gasteiger partial charge in [0, 0.05) is 42.3 Å². The van der Waals surface area contributed by atoms with Crippen LogP contribution in [0.3, 0.4) is 0 Å². The maximum atomic E-state index is 14.3. The highest BCUT2D eigenvalue weighted by molar-refractivity contribution is 8.65. The Morgan fingerprint density at radius 1 is 1.00 bits per heavy atom. The van der Waals surface area contributed by atoms with Crippen molar-refractivity contribution < 1.29 is 24.0 Å². The highest BCUT2D eigenvalue weighted by Crippen LogP contribution is 2.59. The standard InChI is InChI=1S/C32H42N4O5.H6P4.H5P3/c1-20(2)14-31(16-25(37)18-34-30(41)21(3)23-11-7-8-12-23)29(40)26(19-35-31)32(15-22-9-5-4-6-10-22)28(39)24(17-36-32)13-27(33)38;1-4(2)3;1-3-2/h4-6,9-10,17,19-21,23,35-36H,7-8,11-16,18H2,1-3H3,(H2,33,38)(H,34,41);1-3H2;3H,1-2H2/t21-,31-,32-;;/m0../s1. The van der Waals surface area contributed by atoms with Crippen LogP contribution in [-0.4, -0.2) is 46.8 Å². The Kier molecular flexibility index (Phi) is 19.0. The molecule has 9 nitrogen and oxygen atoms in total. The first kappa shape index (κ1) is 43.4. The van der Waals surface area contributed by atoms with E-state index < -0.39 is 17.0 Å². The Labute approximate surface area is 300 Å². The van der Waals surface area contributed by atoms with E-state index in [2.05, 4.69) is 60.6 Å². The molecule has 2 aliphatic heterocycles. The molecule has 0 spiro atoms. The fourth-order valence-corrected chi connectivity index (χ4v) is 6.65. The van der Waals surface area contributed by atoms with Crippen LogP contribution in [0.5, 0.6) is 0 Å². The molecule has 5 unspecified atom stereocenters. The molecule has 16 heteroatoms. The molecular weight excluding hydrogens is 737 g/mol. The fourth-order valence-electron chi connectivity index (χ4n) is 6.65. The molecule has 0 saturated heterocycles. The second kappa shape index (κ2) is 20.9. The Hall–Kier alpha value is -0.740. The molecule has 8 atom stereocenters. The predicted octanol–water partition coefficient (Wildman–Crippen LogP) is 5.73. The number of carbonyl (C=O) groups is 5. The zero-order valence-electron chi connectivity index (χ0n) is 28.1. The van der Waals surface area contributed by atoms with Crippen LogP contribution in [-0.2, 0) is 30.4 Å². The van der Waals surface area contributed by atoms with Gasteiger partial charge in [0.25, 0.3) is 0 Å². The number of Topliss-reactive ketones (excluding diaryl/α,β-unsaturated/α-hetero) is 3. The number of carbonyl (C=O) groups excluding carboxylic acids is 5. The quantitative estimate of drug-likeness (QED) is 0.187. The molecule has 2 amide bonds. The molecule has 0 aromatic heterocycles. The number of primary amides is 1. The van der Waals surface area contributed by atoms with Crippen molar-refractivity contribution >= 4 is 88.8 Å². The van der Waals surface area contributed by atoms with Crippen molar-refractivity contribution in [1.29, 1.82) is 0 Å². The lowest BCUT2D eigenvalue weighted by molar-refractivity contribution is -0.131. The van der Waals surface area contributed by atoms with Gasteiger partial charge >= 0.3 is 0 Å². The number of hydrogen-bond acceptors (Lipinski definition) is 7. The summed E-state index contributed by atoms with van der Waals surface area (Å²) in [6, 6.07) is 9.32. The molecule has 0 radical (unpaired) electrons. The lowest BCUT2D eigenvalue weighted by Crippen LogP contribution is -2.55. The van der Waals surface area contributed by atoms with Crippen LogP contribution in [0.2, 0.25) is 0 Å². The van der Waals surface area contributed by atoms with E-state index in [4.69, 9.17) is 5.73 Å². The smallest absolute Gasteiger partial charge is 0.223 e. The third-order valence-corrected chi connectivity index (χ3v) is 8.72. The number of nitrogens with one attached hydrogen (secondary N) is 3. The fraction of sp³-hybridized carbons (Fsp3) is 0.531. The van der Waals surface area contributed by atoms with Crippen LogP contribution >= 0.6 is 59.6 Å². The third kappa shape index (κ3) is 12.5. The lowest BCUT2D eigenvalue weighted by atomic mass is 9.73. The molecule has 2 heterocycles. The minimum atomic E-state index is -1.44. The molecular formula is C32H53N4O5P7. The van der Waals surface area contributed by atoms with Gasteiger partial charge in [-0.1, -0.05) is 71.9 Å². The van der Waals surface area contributed by atoms with Crippen molar-refractivity contribution in [3.05, 3.63) is 59.4 Å². The van der Waals surface area contributed by atoms with Gasteiger partial charge in [-0.3, -0.25) is 24.0 Å². The van der Waals surface area contributed by atoms with Crippen molar-refractivity contribution in [3.8, 4) is 0 Å². The molecule has 1 aromatic rings. The molecule has 1 aromatic carbocycles. The van der Waals surface area contributed by atoms with E-state index >= 15 is 0 Å². The third-order valence-electron chi connectivity index (χ3n) is 8.72. The molecule has 1 fully saturated rings. The summed E-state index contributed by atoms with van der Waals surface area (Å²) in [7, 11) is 14.0. The summed E-state index contributed by atoms with van der Waals surface area (Å²) in [6.45, 7) is 5.82. The monoisotopic (exact) mass is 790 g/mol. The van der Waals surface area contributed by atoms with E-state index in [1.54, 1.807) is 6.20 Å². The summed E-state index contributed by atoms with van der Waals surface area (Å²) in [5.41, 5.74) is 3.95. The summed E-state index contributed by atoms with van der Waals surface area (Å²) in [6.07, 6.45) is 7.50. The zero-order chi connectivity index (χ0) is 36.1. The van der Waals surface area contributed by atoms with Gasteiger partial charge in [-0.15, -0.1) is 44.6 Å². The van der Waals surface area contributed by atoms with Gasteiger partial charge in [-0.05, 0) is 43.6 Å². The summed E-state index contributed by atoms with van der Waals surface area (Å²) in [5, 5.41) is 9.12. The maximum Gasteiger partial charge on any atom is 0.223 e. The highest BCUT2D eigenvalue weighted by atomic mass is 32.7. The molecule has 1 saturated carbocycles. The average molecular weight is 791 g/mol. The second-order valence-corrected chi connectivity index (χ2v) is 28.9. The van der Waals surface area contributed by atoms with E-state index in [1.165, 1.54) is 6.20 Å². The van der Waals surface area contributed by atoms with Crippen molar-refractivity contribution in [1.82, 2.24) is 16.0 Å². The highest BCUT2D eigenvalue weighted by Gasteiger charge is 2.56. The molecule has 3 aliphatic rings. The van der Waals surface area contributed by atoms with E-state index in [0.717, 1.165) is 39.2 Å². The van der Waals surface area contributed by atoms with Crippen LogP contribution in [0.4, 0.5) is 0 Å². The Bertz CT molecular complexity index is 1350. The maximum absolute atomic E-state index is 14.3. The Morgan fingerprint density at radius 2 is 1.58 bits per heavy atom. The second-order valence-electron chi connectivity index (χ2n) is 12.9. The number of benzene rings is 1. The summed E-state index contributed by atoms with van der Waals surface area (Å²) in [5.74, 6) is -1.52. The number of nitrogens with two attached hydrogens (primary N) is 1. The molecule has 266 valence electrons. The van der Waals surface area contributed by atoms with Crippen LogP contribution in [0, 0.1) is 17.8 Å². The van der Waals surface area contributed by atoms with Gasteiger partial charge in [0.1, 0.15) is 11.1 Å². The summed E-state index contributed by atoms with van der Waals surface area (Å²) < 4.78 is 0. The van der Waals surface area contributed by atoms with E-state index in [-0.39, 0.29) is 79.0 Å². The average Bonchev–Trinajstić information content (AvgIpc) is 3.72. The Balaban J connectivity index is 0.00000105. The molecule has 1 aliphatic carbocycles. The molecule has 4 rings (SSSR count). The Morgan fingerprint density at radius 3 is 2.12 bits per heavy atom. The topological polar surface area (TPSA) is 147 Å². The van der Waals surface area contributed by atoms with Gasteiger partial charge in [0.15, 0.2) is 17.3 Å². The number of hydrogen-bond donors (Lipinski definition) is 4. The summed E-state index contributed by atoms with van der Waals surface area (Å²) >= 11 is 0. The van der Waals surface area contributed by atoms with Crippen molar-refractivity contribution in [2.45, 2.75) is 83.2 Å². The van der Waals surface area contributed by atoms with Gasteiger partial charge < -0.3 is 21.7 Å². The first-order chi connectivity index (χ1) is 22.6. The van der Waals surface area contributed by atoms with Gasteiger partial charge in [-0.25, -0.2) is 0 Å². The lowest BCUT2D eigenvalue weighted by Gasteiger charge is -2.34. The predicted molar refractivity (Wildman–Crippen MR) is 219 cm³/mol. The number of ketones is 3. The normalized spacial score (nSPS) is 22.5. The first-order valence-electron chi connectivity index (χ1n) is 16.0. The largest absolute Gasteiger partial charge is 0.378 e. The van der Waals surface area contributed by atoms with Crippen molar-refractivity contribution in [2.24, 2.45) is 23.5 Å². The SMILES string of the molecule is CC(C)C[C@@]1(CC(=O)CNC(=O)[C@@H](C)C2CCCC2)NC=C([C@]2(Cc3ccccc3)NC=C(CC(N)=O)C2=O)C1=O.PP(P)P.PPP. The van der Waals surface area contributed by atoms with Gasteiger partial charge in [-0.2, -0.15) is 0 Å². The minimum absolute atomic E-state index is 0.0600. The first-order valence-corrected chi connectivity index (χ1v) is 26.8. The van der Waals surface area contributed by atoms with Crippen molar-refractivity contribution in [2.75, 3.05) is 6.54 Å². The van der Waals surface area contributed by atoms with Crippen LogP contribution in [0.1, 0.15) is 71.3 Å². The van der Waals surface area contributed by atoms with Crippen LogP contribution < -0.4 is 21.7 Å². The van der Waals surface area contributed by atoms with Crippen LogP contribution in [0.25, 0.3) is 0 Å². The molecule has 48 heavy (non-hydrogen) atoms. The summed E-state index contributed by atoms with van der Waals surface area (Å²) in [4.78, 5) is 65.8. The van der Waals surface area contributed by atoms with E-state index in [1.807, 2.05) is 51.1 Å². The molecule has 0 bridgehead atoms. The molecule has 5 N–H and O–H groups in total. The minimum Gasteiger partial charge on any atom is -0.378 e. The number of rotatable bonds is 13. The van der Waals surface area contributed by atoms with Gasteiger partial charge in [0.05, 0.1) is 13.0 Å². The van der Waals surface area contributed by atoms with Crippen molar-refractivity contribution in [3.63, 3.8) is 0 Å². The van der Waals surface area contributed by atoms with Crippen LogP contribution in [0.15, 0.2) is 53.9 Å². The van der Waals surface area contributed by atoms with E-state index in [9.17, 15) is 24.0 Å².